The van der Waals surface area contributed by atoms with Crippen LogP contribution in [-0.2, 0) is 11.3 Å². The van der Waals surface area contributed by atoms with Gasteiger partial charge in [-0.2, -0.15) is 0 Å². The zero-order valence-corrected chi connectivity index (χ0v) is 12.2. The van der Waals surface area contributed by atoms with Gasteiger partial charge in [0.05, 0.1) is 6.61 Å². The van der Waals surface area contributed by atoms with Crippen molar-refractivity contribution in [1.82, 2.24) is 5.32 Å². The van der Waals surface area contributed by atoms with Crippen molar-refractivity contribution < 1.29 is 4.74 Å². The number of benzene rings is 1. The van der Waals surface area contributed by atoms with Crippen LogP contribution in [-0.4, -0.2) is 26.0 Å². The van der Waals surface area contributed by atoms with E-state index in [2.05, 4.69) is 46.4 Å². The van der Waals surface area contributed by atoms with E-state index >= 15 is 0 Å². The third-order valence-corrected chi connectivity index (χ3v) is 3.61. The highest BCUT2D eigenvalue weighted by molar-refractivity contribution is 9.10. The quantitative estimate of drug-likeness (QED) is 0.617. The van der Waals surface area contributed by atoms with E-state index < -0.39 is 0 Å². The van der Waals surface area contributed by atoms with Crippen molar-refractivity contribution in [1.29, 1.82) is 0 Å². The van der Waals surface area contributed by atoms with Gasteiger partial charge in [0.2, 0.25) is 0 Å². The third kappa shape index (κ3) is 4.87. The molecule has 16 heavy (non-hydrogen) atoms. The zero-order valence-electron chi connectivity index (χ0n) is 9.75. The second-order valence-corrected chi connectivity index (χ2v) is 5.58. The first kappa shape index (κ1) is 14.0. The summed E-state index contributed by atoms with van der Waals surface area (Å²) in [4.78, 5) is 1.36. The lowest BCUT2D eigenvalue weighted by atomic mass is 10.2. The molecule has 0 aliphatic heterocycles. The van der Waals surface area contributed by atoms with E-state index in [4.69, 9.17) is 4.74 Å². The Labute approximate surface area is 110 Å². The molecule has 1 aromatic rings. The molecule has 0 unspecified atom stereocenters. The molecule has 0 atom stereocenters. The normalized spacial score (nSPS) is 10.7. The van der Waals surface area contributed by atoms with Gasteiger partial charge in [0, 0.05) is 29.6 Å². The van der Waals surface area contributed by atoms with Crippen LogP contribution in [0.2, 0.25) is 0 Å². The number of ether oxygens (including phenoxy) is 1. The molecule has 0 fully saturated rings. The number of thioether (sulfide) groups is 1. The monoisotopic (exact) mass is 303 g/mol. The van der Waals surface area contributed by atoms with Crippen molar-refractivity contribution in [2.24, 2.45) is 0 Å². The van der Waals surface area contributed by atoms with Gasteiger partial charge in [0.25, 0.3) is 0 Å². The number of nitrogens with one attached hydrogen (secondary N) is 1. The predicted octanol–water partition coefficient (Wildman–Crippen LogP) is 3.30. The Balaban J connectivity index is 2.57. The fourth-order valence-corrected chi connectivity index (χ4v) is 2.58. The van der Waals surface area contributed by atoms with Crippen LogP contribution in [0.5, 0.6) is 0 Å². The first-order valence-corrected chi connectivity index (χ1v) is 7.16. The first-order chi connectivity index (χ1) is 7.77. The van der Waals surface area contributed by atoms with Crippen molar-refractivity contribution in [3.63, 3.8) is 0 Å². The lowest BCUT2D eigenvalue weighted by molar-refractivity contribution is 0.199. The summed E-state index contributed by atoms with van der Waals surface area (Å²) in [7, 11) is 1.72. The Morgan fingerprint density at radius 2 is 2.25 bits per heavy atom. The zero-order chi connectivity index (χ0) is 11.8. The van der Waals surface area contributed by atoms with Gasteiger partial charge >= 0.3 is 0 Å². The van der Waals surface area contributed by atoms with Gasteiger partial charge in [0.1, 0.15) is 0 Å². The average Bonchev–Trinajstić information content (AvgIpc) is 2.28. The summed E-state index contributed by atoms with van der Waals surface area (Å²) in [5.41, 5.74) is 1.34. The van der Waals surface area contributed by atoms with Gasteiger partial charge in [-0.3, -0.25) is 0 Å². The van der Waals surface area contributed by atoms with E-state index in [1.807, 2.05) is 11.8 Å². The van der Waals surface area contributed by atoms with E-state index in [0.29, 0.717) is 0 Å². The summed E-state index contributed by atoms with van der Waals surface area (Å²) in [6.45, 7) is 4.71. The molecular weight excluding hydrogens is 286 g/mol. The van der Waals surface area contributed by atoms with E-state index in [-0.39, 0.29) is 0 Å². The maximum Gasteiger partial charge on any atom is 0.0587 e. The Hall–Kier alpha value is -0.0300. The Morgan fingerprint density at radius 1 is 1.44 bits per heavy atom. The molecule has 0 aromatic heterocycles. The lowest BCUT2D eigenvalue weighted by Crippen LogP contribution is -2.18. The van der Waals surface area contributed by atoms with Crippen molar-refractivity contribution in [2.75, 3.05) is 26.0 Å². The van der Waals surface area contributed by atoms with Crippen LogP contribution >= 0.6 is 27.7 Å². The molecule has 1 rings (SSSR count). The lowest BCUT2D eigenvalue weighted by Gasteiger charge is -2.10. The maximum atomic E-state index is 5.00. The number of rotatable bonds is 7. The molecule has 0 radical (unpaired) electrons. The van der Waals surface area contributed by atoms with Gasteiger partial charge < -0.3 is 10.1 Å². The van der Waals surface area contributed by atoms with Crippen molar-refractivity contribution >= 4 is 27.7 Å². The molecule has 0 aliphatic carbocycles. The van der Waals surface area contributed by atoms with Gasteiger partial charge in [0.15, 0.2) is 0 Å². The molecule has 0 heterocycles. The number of hydrogen-bond acceptors (Lipinski definition) is 3. The second kappa shape index (κ2) is 8.12. The fraction of sp³-hybridized carbons (Fsp3) is 0.500. The molecule has 0 amide bonds. The molecule has 0 saturated heterocycles. The first-order valence-electron chi connectivity index (χ1n) is 5.38. The summed E-state index contributed by atoms with van der Waals surface area (Å²) >= 11 is 5.39. The van der Waals surface area contributed by atoms with Crippen molar-refractivity contribution in [3.8, 4) is 0 Å². The third-order valence-electron chi connectivity index (χ3n) is 2.12. The average molecular weight is 304 g/mol. The van der Waals surface area contributed by atoms with Crippen LogP contribution in [0.15, 0.2) is 27.6 Å². The minimum atomic E-state index is 0.754. The molecule has 1 N–H and O–H groups in total. The maximum absolute atomic E-state index is 5.00. The van der Waals surface area contributed by atoms with Gasteiger partial charge in [-0.15, -0.1) is 11.8 Å². The molecule has 90 valence electrons. The summed E-state index contributed by atoms with van der Waals surface area (Å²) in [6.07, 6.45) is 0. The Kier molecular flexibility index (Phi) is 7.12. The van der Waals surface area contributed by atoms with E-state index in [0.717, 1.165) is 29.9 Å². The van der Waals surface area contributed by atoms with Gasteiger partial charge in [-0.05, 0) is 29.5 Å². The highest BCUT2D eigenvalue weighted by Gasteiger charge is 2.02. The molecule has 4 heteroatoms. The Morgan fingerprint density at radius 3 is 2.94 bits per heavy atom. The summed E-state index contributed by atoms with van der Waals surface area (Å²) in [5.74, 6) is 1.10. The molecule has 0 saturated carbocycles. The fourth-order valence-electron chi connectivity index (χ4n) is 1.38. The summed E-state index contributed by atoms with van der Waals surface area (Å²) in [5, 5.41) is 3.37. The van der Waals surface area contributed by atoms with E-state index in [1.54, 1.807) is 7.11 Å². The van der Waals surface area contributed by atoms with Gasteiger partial charge in [-0.25, -0.2) is 0 Å². The van der Waals surface area contributed by atoms with Crippen LogP contribution in [0, 0.1) is 0 Å². The topological polar surface area (TPSA) is 21.3 Å². The minimum Gasteiger partial charge on any atom is -0.383 e. The summed E-state index contributed by atoms with van der Waals surface area (Å²) in [6, 6.07) is 6.44. The van der Waals surface area contributed by atoms with Crippen LogP contribution in [0.4, 0.5) is 0 Å². The molecule has 0 bridgehead atoms. The standard InChI is InChI=1S/C12H18BrNOS/c1-3-16-12-5-4-11(13)8-10(12)9-14-6-7-15-2/h4-5,8,14H,3,6-7,9H2,1-2H3. The minimum absolute atomic E-state index is 0.754. The molecule has 0 aliphatic rings. The van der Waals surface area contributed by atoms with E-state index in [9.17, 15) is 0 Å². The van der Waals surface area contributed by atoms with Crippen molar-refractivity contribution in [2.45, 2.75) is 18.4 Å². The molecule has 0 spiro atoms. The largest absolute Gasteiger partial charge is 0.383 e. The summed E-state index contributed by atoms with van der Waals surface area (Å²) < 4.78 is 6.14. The van der Waals surface area contributed by atoms with Crippen LogP contribution < -0.4 is 5.32 Å². The second-order valence-electron chi connectivity index (χ2n) is 3.35. The molecular formula is C12H18BrNOS. The highest BCUT2D eigenvalue weighted by atomic mass is 79.9. The number of methoxy groups -OCH3 is 1. The van der Waals surface area contributed by atoms with Crippen LogP contribution in [0.1, 0.15) is 12.5 Å². The number of halogens is 1. The molecule has 1 aromatic carbocycles. The smallest absolute Gasteiger partial charge is 0.0587 e. The van der Waals surface area contributed by atoms with Crippen LogP contribution in [0.25, 0.3) is 0 Å². The predicted molar refractivity (Wildman–Crippen MR) is 74.1 cm³/mol. The molecule has 2 nitrogen and oxygen atoms in total. The van der Waals surface area contributed by atoms with E-state index in [1.165, 1.54) is 10.5 Å². The SMILES string of the molecule is CCSc1ccc(Br)cc1CNCCOC. The van der Waals surface area contributed by atoms with Gasteiger partial charge in [-0.1, -0.05) is 22.9 Å². The highest BCUT2D eigenvalue weighted by Crippen LogP contribution is 2.25. The Bertz CT molecular complexity index is 320. The van der Waals surface area contributed by atoms with Crippen molar-refractivity contribution in [3.05, 3.63) is 28.2 Å². The van der Waals surface area contributed by atoms with Crippen LogP contribution in [0.3, 0.4) is 0 Å². The number of hydrogen-bond donors (Lipinski definition) is 1.